The molecule has 1 unspecified atom stereocenters. The fraction of sp³-hybridized carbons (Fsp3) is 0.273. The first-order valence-corrected chi connectivity index (χ1v) is 10.6. The predicted molar refractivity (Wildman–Crippen MR) is 117 cm³/mol. The molecule has 3 aromatic rings. The minimum absolute atomic E-state index is 0.163. The van der Waals surface area contributed by atoms with Gasteiger partial charge in [0, 0.05) is 28.4 Å². The molecule has 0 saturated carbocycles. The number of hydrogen-bond donors (Lipinski definition) is 2. The second-order valence-electron chi connectivity index (χ2n) is 7.22. The molecule has 29 heavy (non-hydrogen) atoms. The normalized spacial score (nSPS) is 16.2. The number of aryl methyl sites for hydroxylation is 2. The lowest BCUT2D eigenvalue weighted by Gasteiger charge is -2.22. The molecule has 1 atom stereocenters. The van der Waals surface area contributed by atoms with Crippen LogP contribution in [0.5, 0.6) is 5.75 Å². The van der Waals surface area contributed by atoms with E-state index in [1.165, 1.54) is 5.56 Å². The zero-order valence-corrected chi connectivity index (χ0v) is 17.4. The largest absolute Gasteiger partial charge is 0.497 e. The summed E-state index contributed by atoms with van der Waals surface area (Å²) in [5.74, 6) is 1.45. The van der Waals surface area contributed by atoms with Crippen molar-refractivity contribution in [2.45, 2.75) is 19.9 Å². The van der Waals surface area contributed by atoms with Crippen LogP contribution in [0, 0.1) is 13.8 Å². The SMILES string of the molecule is COc1ccc2cc(C(=O)N3CSCC3C(=O)Nc3ccc(C)c(C)c3)[nH]c2c1. The topological polar surface area (TPSA) is 74.4 Å². The molecule has 6 nitrogen and oxygen atoms in total. The smallest absolute Gasteiger partial charge is 0.271 e. The molecule has 1 saturated heterocycles. The number of nitrogens with zero attached hydrogens (tertiary/aromatic N) is 1. The Bertz CT molecular complexity index is 1090. The van der Waals surface area contributed by atoms with Crippen molar-refractivity contribution in [1.29, 1.82) is 0 Å². The summed E-state index contributed by atoms with van der Waals surface area (Å²) in [4.78, 5) is 30.8. The Morgan fingerprint density at radius 2 is 1.97 bits per heavy atom. The molecule has 0 spiro atoms. The van der Waals surface area contributed by atoms with Crippen LogP contribution in [0.3, 0.4) is 0 Å². The Labute approximate surface area is 173 Å². The summed E-state index contributed by atoms with van der Waals surface area (Å²) in [5.41, 5.74) is 4.34. The van der Waals surface area contributed by atoms with Gasteiger partial charge in [0.2, 0.25) is 5.91 Å². The first kappa shape index (κ1) is 19.4. The van der Waals surface area contributed by atoms with E-state index in [0.717, 1.165) is 27.9 Å². The number of aromatic amines is 1. The molecular formula is C22H23N3O3S. The predicted octanol–water partition coefficient (Wildman–Crippen LogP) is 3.95. The second-order valence-corrected chi connectivity index (χ2v) is 8.21. The third-order valence-corrected chi connectivity index (χ3v) is 6.29. The van der Waals surface area contributed by atoms with E-state index >= 15 is 0 Å². The van der Waals surface area contributed by atoms with Crippen molar-refractivity contribution in [2.24, 2.45) is 0 Å². The van der Waals surface area contributed by atoms with E-state index < -0.39 is 6.04 Å². The molecule has 4 rings (SSSR count). The minimum atomic E-state index is -0.505. The van der Waals surface area contributed by atoms with Gasteiger partial charge in [0.1, 0.15) is 17.5 Å². The number of anilines is 1. The Balaban J connectivity index is 1.53. The van der Waals surface area contributed by atoms with Gasteiger partial charge >= 0.3 is 0 Å². The number of nitrogens with one attached hydrogen (secondary N) is 2. The number of methoxy groups -OCH3 is 1. The number of H-pyrrole nitrogens is 1. The highest BCUT2D eigenvalue weighted by Crippen LogP contribution is 2.27. The second kappa shape index (κ2) is 7.83. The molecule has 1 aliphatic heterocycles. The average molecular weight is 410 g/mol. The number of thioether (sulfide) groups is 1. The van der Waals surface area contributed by atoms with Gasteiger partial charge < -0.3 is 19.9 Å². The van der Waals surface area contributed by atoms with Gasteiger partial charge in [-0.1, -0.05) is 6.07 Å². The maximum Gasteiger partial charge on any atom is 0.271 e. The number of carbonyl (C=O) groups is 2. The summed E-state index contributed by atoms with van der Waals surface area (Å²) in [5, 5.41) is 3.88. The third-order valence-electron chi connectivity index (χ3n) is 5.28. The van der Waals surface area contributed by atoms with Crippen molar-refractivity contribution < 1.29 is 14.3 Å². The van der Waals surface area contributed by atoms with Crippen LogP contribution in [0.25, 0.3) is 10.9 Å². The summed E-state index contributed by atoms with van der Waals surface area (Å²) in [6.45, 7) is 4.04. The highest BCUT2D eigenvalue weighted by atomic mass is 32.2. The Hall–Kier alpha value is -2.93. The number of rotatable bonds is 4. The minimum Gasteiger partial charge on any atom is -0.497 e. The average Bonchev–Trinajstić information content (AvgIpc) is 3.36. The van der Waals surface area contributed by atoms with E-state index in [0.29, 0.717) is 17.3 Å². The van der Waals surface area contributed by atoms with Gasteiger partial charge in [-0.05, 0) is 55.3 Å². The van der Waals surface area contributed by atoms with Crippen LogP contribution < -0.4 is 10.1 Å². The number of amides is 2. The number of hydrogen-bond acceptors (Lipinski definition) is 4. The molecule has 2 amide bonds. The highest BCUT2D eigenvalue weighted by Gasteiger charge is 2.35. The first-order chi connectivity index (χ1) is 14.0. The van der Waals surface area contributed by atoms with Crippen LogP contribution in [0.2, 0.25) is 0 Å². The van der Waals surface area contributed by atoms with Crippen LogP contribution in [-0.4, -0.2) is 46.5 Å². The molecule has 0 radical (unpaired) electrons. The van der Waals surface area contributed by atoms with Gasteiger partial charge in [0.15, 0.2) is 0 Å². The van der Waals surface area contributed by atoms with Gasteiger partial charge in [-0.2, -0.15) is 0 Å². The molecule has 1 fully saturated rings. The van der Waals surface area contributed by atoms with Gasteiger partial charge in [-0.15, -0.1) is 11.8 Å². The van der Waals surface area contributed by atoms with E-state index in [1.807, 2.05) is 56.3 Å². The zero-order chi connectivity index (χ0) is 20.5. The third kappa shape index (κ3) is 3.82. The number of ether oxygens (including phenoxy) is 1. The molecular weight excluding hydrogens is 386 g/mol. The lowest BCUT2D eigenvalue weighted by molar-refractivity contribution is -0.119. The monoisotopic (exact) mass is 409 g/mol. The standard InChI is InChI=1S/C22H23N3O3S/c1-13-4-6-16(8-14(13)2)23-21(26)20-11-29-12-25(20)22(27)19-9-15-5-7-17(28-3)10-18(15)24-19/h4-10,20,24H,11-12H2,1-3H3,(H,23,26). The summed E-state index contributed by atoms with van der Waals surface area (Å²) in [7, 11) is 1.61. The lowest BCUT2D eigenvalue weighted by Crippen LogP contribution is -2.44. The molecule has 2 N–H and O–H groups in total. The number of aromatic nitrogens is 1. The van der Waals surface area contributed by atoms with Gasteiger partial charge in [0.05, 0.1) is 13.0 Å². The zero-order valence-electron chi connectivity index (χ0n) is 16.6. The quantitative estimate of drug-likeness (QED) is 0.684. The van der Waals surface area contributed by atoms with Crippen molar-refractivity contribution in [2.75, 3.05) is 24.1 Å². The summed E-state index contributed by atoms with van der Waals surface area (Å²) >= 11 is 1.58. The summed E-state index contributed by atoms with van der Waals surface area (Å²) < 4.78 is 5.24. The van der Waals surface area contributed by atoms with Crippen LogP contribution in [0.15, 0.2) is 42.5 Å². The Kier molecular flexibility index (Phi) is 5.24. The number of carbonyl (C=O) groups excluding carboxylic acids is 2. The Morgan fingerprint density at radius 1 is 1.14 bits per heavy atom. The van der Waals surface area contributed by atoms with E-state index in [9.17, 15) is 9.59 Å². The van der Waals surface area contributed by atoms with Gasteiger partial charge in [-0.25, -0.2) is 0 Å². The Morgan fingerprint density at radius 3 is 2.72 bits per heavy atom. The molecule has 1 aromatic heterocycles. The first-order valence-electron chi connectivity index (χ1n) is 9.40. The van der Waals surface area contributed by atoms with Crippen LogP contribution in [0.4, 0.5) is 5.69 Å². The molecule has 2 heterocycles. The fourth-order valence-electron chi connectivity index (χ4n) is 3.41. The van der Waals surface area contributed by atoms with Crippen molar-refractivity contribution in [3.63, 3.8) is 0 Å². The maximum absolute atomic E-state index is 13.1. The van der Waals surface area contributed by atoms with E-state index in [2.05, 4.69) is 10.3 Å². The van der Waals surface area contributed by atoms with Crippen molar-refractivity contribution in [1.82, 2.24) is 9.88 Å². The number of fused-ring (bicyclic) bond motifs is 1. The van der Waals surface area contributed by atoms with Crippen molar-refractivity contribution in [3.8, 4) is 5.75 Å². The van der Waals surface area contributed by atoms with Gasteiger partial charge in [0.25, 0.3) is 5.91 Å². The lowest BCUT2D eigenvalue weighted by atomic mass is 10.1. The van der Waals surface area contributed by atoms with Crippen LogP contribution in [0.1, 0.15) is 21.6 Å². The maximum atomic E-state index is 13.1. The van der Waals surface area contributed by atoms with Crippen LogP contribution in [-0.2, 0) is 4.79 Å². The van der Waals surface area contributed by atoms with Crippen LogP contribution >= 0.6 is 11.8 Å². The van der Waals surface area contributed by atoms with E-state index in [-0.39, 0.29) is 11.8 Å². The summed E-state index contributed by atoms with van der Waals surface area (Å²) in [6.07, 6.45) is 0. The van der Waals surface area contributed by atoms with Crippen molar-refractivity contribution in [3.05, 3.63) is 59.3 Å². The molecule has 2 aromatic carbocycles. The fourth-order valence-corrected chi connectivity index (χ4v) is 4.56. The number of benzene rings is 2. The van der Waals surface area contributed by atoms with E-state index in [1.54, 1.807) is 23.8 Å². The molecule has 0 bridgehead atoms. The van der Waals surface area contributed by atoms with Gasteiger partial charge in [-0.3, -0.25) is 9.59 Å². The van der Waals surface area contributed by atoms with E-state index in [4.69, 9.17) is 4.74 Å². The molecule has 7 heteroatoms. The highest BCUT2D eigenvalue weighted by molar-refractivity contribution is 7.99. The molecule has 150 valence electrons. The van der Waals surface area contributed by atoms with Crippen molar-refractivity contribution >= 4 is 40.2 Å². The summed E-state index contributed by atoms with van der Waals surface area (Å²) in [6, 6.07) is 12.8. The molecule has 1 aliphatic rings. The molecule has 0 aliphatic carbocycles.